The number of aliphatic hydroxyl groups is 2. The fourth-order valence-corrected chi connectivity index (χ4v) is 8.89. The van der Waals surface area contributed by atoms with Gasteiger partial charge in [0.05, 0.1) is 25.3 Å². The molecule has 2 aromatic rings. The lowest BCUT2D eigenvalue weighted by atomic mass is 9.87. The number of hydrogen-bond acceptors (Lipinski definition) is 20. The van der Waals surface area contributed by atoms with Gasteiger partial charge in [0, 0.05) is 37.2 Å². The van der Waals surface area contributed by atoms with E-state index in [4.69, 9.17) is 25.3 Å². The first kappa shape index (κ1) is 52.6. The maximum Gasteiger partial charge on any atom is 0.481 e. The molecular formula is C30H55N10O17P3S. The normalized spacial score (nSPS) is 20.8. The number of hydrogen-bond donors (Lipinski definition) is 12. The van der Waals surface area contributed by atoms with Crippen LogP contribution in [0.5, 0.6) is 0 Å². The molecule has 31 heteroatoms. The van der Waals surface area contributed by atoms with E-state index < -0.39 is 84.6 Å². The first-order valence-corrected chi connectivity index (χ1v) is 24.4. The molecule has 0 spiro atoms. The zero-order chi connectivity index (χ0) is 45.4. The van der Waals surface area contributed by atoms with Crippen LogP contribution in [0.15, 0.2) is 12.7 Å². The molecular weight excluding hydrogens is 897 g/mol. The molecule has 348 valence electrons. The number of rotatable bonds is 29. The Hall–Kier alpha value is -2.72. The zero-order valence-corrected chi connectivity index (χ0v) is 36.8. The van der Waals surface area contributed by atoms with Crippen molar-refractivity contribution in [3.8, 4) is 0 Å². The topological polar surface area (TPSA) is 414 Å². The summed E-state index contributed by atoms with van der Waals surface area (Å²) in [5.41, 5.74) is 9.71. The van der Waals surface area contributed by atoms with Crippen molar-refractivity contribution in [2.24, 2.45) is 11.1 Å². The van der Waals surface area contributed by atoms with Crippen LogP contribution in [-0.2, 0) is 50.7 Å². The van der Waals surface area contributed by atoms with Gasteiger partial charge in [-0.3, -0.25) is 32.5 Å². The number of fused-ring (bicyclic) bond motifs is 1. The Bertz CT molecular complexity index is 1890. The highest BCUT2D eigenvalue weighted by Gasteiger charge is 2.50. The van der Waals surface area contributed by atoms with Crippen molar-refractivity contribution in [3.05, 3.63) is 12.7 Å². The van der Waals surface area contributed by atoms with Crippen LogP contribution in [0.4, 0.5) is 5.82 Å². The number of phosphoric ester groups is 3. The van der Waals surface area contributed by atoms with Gasteiger partial charge in [0.2, 0.25) is 17.7 Å². The lowest BCUT2D eigenvalue weighted by Gasteiger charge is -2.30. The Morgan fingerprint density at radius 2 is 1.64 bits per heavy atom. The van der Waals surface area contributed by atoms with E-state index in [-0.39, 0.29) is 48.2 Å². The van der Waals surface area contributed by atoms with Gasteiger partial charge in [0.15, 0.2) is 17.7 Å². The van der Waals surface area contributed by atoms with Crippen LogP contribution in [0.25, 0.3) is 11.2 Å². The largest absolute Gasteiger partial charge is 0.481 e. The van der Waals surface area contributed by atoms with E-state index in [9.17, 15) is 57.9 Å². The SMILES string of the molecule is CC(C)(COP(=O)(O)OP(=O)(O)OCC1OC(n2cnc3c(N)ncnc32)C(O)C1OP(=O)(O)O)C(O)C(=O)NCCC(=O)NCCSCC(=O)NCCCNCCCCN. The average molecular weight is 953 g/mol. The predicted octanol–water partition coefficient (Wildman–Crippen LogP) is -2.03. The van der Waals surface area contributed by atoms with E-state index in [1.807, 2.05) is 0 Å². The standard InChI is InChI=1S/C30H55N10O17P3S/c1-30(2,25(44)28(45)36-11-6-20(41)35-12-13-61-15-21(42)34-10-5-9-33-8-4-3-7-31)16-54-60(51,52)57-59(49,50)53-14-19-24(56-58(46,47)48)23(43)29(55-19)40-18-39-22-26(32)37-17-38-27(22)40/h17-19,23-25,29,33,43-44H,3-16,31H2,1-2H3,(H,34,42)(H,35,41)(H,36,45)(H,49,50)(H,51,52)(H2,32,37,38)(H2,46,47,48). The fraction of sp³-hybridized carbons (Fsp3) is 0.733. The smallest absolute Gasteiger partial charge is 0.386 e. The minimum Gasteiger partial charge on any atom is -0.386 e. The van der Waals surface area contributed by atoms with Gasteiger partial charge in [-0.25, -0.2) is 28.6 Å². The average Bonchev–Trinajstić information content (AvgIpc) is 3.73. The summed E-state index contributed by atoms with van der Waals surface area (Å²) < 4.78 is 62.2. The number of unbranched alkanes of at least 4 members (excludes halogenated alkanes) is 1. The molecule has 3 heterocycles. The van der Waals surface area contributed by atoms with Gasteiger partial charge in [0.25, 0.3) is 0 Å². The monoisotopic (exact) mass is 952 g/mol. The number of aliphatic hydroxyl groups excluding tert-OH is 2. The molecule has 1 saturated heterocycles. The number of amides is 3. The van der Waals surface area contributed by atoms with E-state index in [2.05, 4.69) is 45.1 Å². The molecule has 0 radical (unpaired) electrons. The number of thioether (sulfide) groups is 1. The van der Waals surface area contributed by atoms with Gasteiger partial charge in [0.1, 0.15) is 36.3 Å². The van der Waals surface area contributed by atoms with Crippen molar-refractivity contribution in [3.63, 3.8) is 0 Å². The summed E-state index contributed by atoms with van der Waals surface area (Å²) in [5.74, 6) is -0.864. The highest BCUT2D eigenvalue weighted by Crippen LogP contribution is 2.61. The maximum absolute atomic E-state index is 12.7. The van der Waals surface area contributed by atoms with Gasteiger partial charge in [-0.1, -0.05) is 13.8 Å². The molecule has 0 aliphatic carbocycles. The molecule has 27 nitrogen and oxygen atoms in total. The van der Waals surface area contributed by atoms with E-state index in [1.54, 1.807) is 0 Å². The van der Waals surface area contributed by atoms with Gasteiger partial charge in [-0.05, 0) is 38.9 Å². The Morgan fingerprint density at radius 3 is 2.34 bits per heavy atom. The molecule has 3 rings (SSSR count). The number of nitrogens with one attached hydrogen (secondary N) is 4. The molecule has 7 atom stereocenters. The van der Waals surface area contributed by atoms with E-state index in [1.165, 1.54) is 25.6 Å². The molecule has 0 bridgehead atoms. The number of carbonyl (C=O) groups is 3. The highest BCUT2D eigenvalue weighted by molar-refractivity contribution is 7.99. The van der Waals surface area contributed by atoms with Gasteiger partial charge in [-0.15, -0.1) is 0 Å². The van der Waals surface area contributed by atoms with Crippen LogP contribution in [0, 0.1) is 5.41 Å². The number of phosphoric acid groups is 3. The van der Waals surface area contributed by atoms with Crippen molar-refractivity contribution in [1.29, 1.82) is 0 Å². The highest BCUT2D eigenvalue weighted by atomic mass is 32.2. The number of carbonyl (C=O) groups excluding carboxylic acids is 3. The second-order valence-electron chi connectivity index (χ2n) is 14.1. The van der Waals surface area contributed by atoms with Crippen LogP contribution in [0.3, 0.4) is 0 Å². The molecule has 0 saturated carbocycles. The van der Waals surface area contributed by atoms with E-state index >= 15 is 0 Å². The number of nitrogens with zero attached hydrogens (tertiary/aromatic N) is 4. The number of nitrogens with two attached hydrogens (primary N) is 2. The van der Waals surface area contributed by atoms with Gasteiger partial charge >= 0.3 is 23.5 Å². The molecule has 1 aliphatic rings. The van der Waals surface area contributed by atoms with Crippen molar-refractivity contribution >= 4 is 69.9 Å². The quantitative estimate of drug-likeness (QED) is 0.0309. The predicted molar refractivity (Wildman–Crippen MR) is 216 cm³/mol. The Labute approximate surface area is 354 Å². The summed E-state index contributed by atoms with van der Waals surface area (Å²) in [7, 11) is -16.4. The van der Waals surface area contributed by atoms with Crippen molar-refractivity contribution in [1.82, 2.24) is 40.8 Å². The lowest BCUT2D eigenvalue weighted by molar-refractivity contribution is -0.137. The van der Waals surface area contributed by atoms with Crippen LogP contribution in [0.1, 0.15) is 45.8 Å². The minimum absolute atomic E-state index is 0.0297. The molecule has 14 N–H and O–H groups in total. The van der Waals surface area contributed by atoms with Gasteiger partial charge in [-0.2, -0.15) is 16.1 Å². The minimum atomic E-state index is -5.57. The van der Waals surface area contributed by atoms with E-state index in [0.717, 1.165) is 49.6 Å². The summed E-state index contributed by atoms with van der Waals surface area (Å²) >= 11 is 1.33. The second-order valence-corrected chi connectivity index (χ2v) is 19.4. The number of anilines is 1. The molecule has 1 aliphatic heterocycles. The molecule has 0 aromatic carbocycles. The molecule has 3 amide bonds. The second kappa shape index (κ2) is 24.4. The number of nitrogen functional groups attached to an aromatic ring is 1. The summed E-state index contributed by atoms with van der Waals surface area (Å²) in [6, 6.07) is 0. The maximum atomic E-state index is 12.7. The summed E-state index contributed by atoms with van der Waals surface area (Å²) in [4.78, 5) is 87.8. The first-order valence-electron chi connectivity index (χ1n) is 18.7. The lowest BCUT2D eigenvalue weighted by Crippen LogP contribution is -2.46. The third-order valence-electron chi connectivity index (χ3n) is 8.54. The number of ether oxygens (including phenoxy) is 1. The Balaban J connectivity index is 1.38. The van der Waals surface area contributed by atoms with Gasteiger partial charge < -0.3 is 67.3 Å². The van der Waals surface area contributed by atoms with Crippen LogP contribution in [-0.4, -0.2) is 155 Å². The fourth-order valence-electron chi connectivity index (χ4n) is 5.38. The number of imidazole rings is 1. The summed E-state index contributed by atoms with van der Waals surface area (Å²) in [5, 5.41) is 32.6. The van der Waals surface area contributed by atoms with Crippen molar-refractivity contribution in [2.75, 3.05) is 69.7 Å². The first-order chi connectivity index (χ1) is 28.6. The van der Waals surface area contributed by atoms with Crippen LogP contribution in [0.2, 0.25) is 0 Å². The van der Waals surface area contributed by atoms with E-state index in [0.29, 0.717) is 18.8 Å². The molecule has 61 heavy (non-hydrogen) atoms. The Kier molecular flexibility index (Phi) is 21.0. The zero-order valence-electron chi connectivity index (χ0n) is 33.3. The molecule has 1 fully saturated rings. The summed E-state index contributed by atoms with van der Waals surface area (Å²) in [6.07, 6.45) is -4.15. The molecule has 2 aromatic heterocycles. The Morgan fingerprint density at radius 1 is 0.951 bits per heavy atom. The molecule has 7 unspecified atom stereocenters. The van der Waals surface area contributed by atoms with Crippen molar-refractivity contribution < 1.29 is 80.5 Å². The van der Waals surface area contributed by atoms with Crippen LogP contribution < -0.4 is 32.7 Å². The third-order valence-corrected chi connectivity index (χ3v) is 12.6. The summed E-state index contributed by atoms with van der Waals surface area (Å²) in [6.45, 7) is 3.44. The van der Waals surface area contributed by atoms with Crippen LogP contribution >= 0.6 is 35.2 Å². The number of aromatic nitrogens is 4. The van der Waals surface area contributed by atoms with Crippen molar-refractivity contribution in [2.45, 2.75) is 70.2 Å². The third kappa shape index (κ3) is 18.1.